The highest BCUT2D eigenvalue weighted by molar-refractivity contribution is 6.09. The normalized spacial score (nSPS) is 14.2. The second-order valence-electron chi connectivity index (χ2n) is 18.1. The van der Waals surface area contributed by atoms with Gasteiger partial charge in [-0.25, -0.2) is 19.5 Å². The molecular formula is C49H52N5O+. The Bertz CT molecular complexity index is 2720. The fraction of sp³-hybridized carbons (Fsp3) is 0.306. The average Bonchev–Trinajstić information content (AvgIpc) is 3.52. The number of fused-ring (bicyclic) bond motifs is 4. The van der Waals surface area contributed by atoms with Gasteiger partial charge >= 0.3 is 0 Å². The first-order valence-corrected chi connectivity index (χ1v) is 19.4. The lowest BCUT2D eigenvalue weighted by Crippen LogP contribution is -2.30. The zero-order valence-corrected chi connectivity index (χ0v) is 34.2. The van der Waals surface area contributed by atoms with Gasteiger partial charge in [-0.3, -0.25) is 0 Å². The van der Waals surface area contributed by atoms with E-state index in [1.807, 2.05) is 6.07 Å². The number of hydrogen-bond acceptors (Lipinski definition) is 4. The minimum Gasteiger partial charge on any atom is -0.455 e. The molecular weight excluding hydrogens is 675 g/mol. The highest BCUT2D eigenvalue weighted by Gasteiger charge is 2.34. The molecule has 0 radical (unpaired) electrons. The number of allylic oxidation sites excluding steroid dienone is 6. The molecule has 6 heteroatoms. The molecule has 0 N–H and O–H groups in total. The van der Waals surface area contributed by atoms with Crippen LogP contribution in [0.1, 0.15) is 103 Å². The van der Waals surface area contributed by atoms with Gasteiger partial charge in [0.2, 0.25) is 0 Å². The number of nitrogens with zero attached hydrogens (tertiary/aromatic N) is 5. The molecule has 278 valence electrons. The van der Waals surface area contributed by atoms with Gasteiger partial charge in [0.1, 0.15) is 28.5 Å². The number of imidazole rings is 1. The number of benzene rings is 4. The average molecular weight is 727 g/mol. The summed E-state index contributed by atoms with van der Waals surface area (Å²) in [6.45, 7) is 22.1. The number of aryl methyl sites for hydroxylation is 2. The zero-order valence-electron chi connectivity index (χ0n) is 34.2. The maximum absolute atomic E-state index is 6.70. The van der Waals surface area contributed by atoms with Gasteiger partial charge in [0.25, 0.3) is 5.82 Å². The van der Waals surface area contributed by atoms with E-state index in [9.17, 15) is 0 Å². The summed E-state index contributed by atoms with van der Waals surface area (Å²) in [5.41, 5.74) is 11.7. The van der Waals surface area contributed by atoms with Crippen molar-refractivity contribution in [3.8, 4) is 17.1 Å². The van der Waals surface area contributed by atoms with Gasteiger partial charge in [0.05, 0.1) is 7.05 Å². The lowest BCUT2D eigenvalue weighted by Gasteiger charge is -2.23. The van der Waals surface area contributed by atoms with Crippen LogP contribution in [0.25, 0.3) is 61.2 Å². The summed E-state index contributed by atoms with van der Waals surface area (Å²) in [7, 11) is 2.17. The van der Waals surface area contributed by atoms with Gasteiger partial charge in [-0.05, 0) is 65.8 Å². The summed E-state index contributed by atoms with van der Waals surface area (Å²) >= 11 is 0. The van der Waals surface area contributed by atoms with E-state index in [1.165, 1.54) is 16.7 Å². The maximum atomic E-state index is 6.70. The minimum atomic E-state index is -0.190. The number of hydrogen-bond donors (Lipinski definition) is 0. The Labute approximate surface area is 325 Å². The van der Waals surface area contributed by atoms with E-state index in [0.29, 0.717) is 0 Å². The molecule has 0 saturated heterocycles. The molecule has 0 unspecified atom stereocenters. The highest BCUT2D eigenvalue weighted by atomic mass is 16.3. The lowest BCUT2D eigenvalue weighted by molar-refractivity contribution is -0.633. The lowest BCUT2D eigenvalue weighted by atomic mass is 9.83. The molecule has 7 aromatic rings. The molecule has 55 heavy (non-hydrogen) atoms. The van der Waals surface area contributed by atoms with Crippen LogP contribution in [0.15, 0.2) is 108 Å². The molecule has 0 bridgehead atoms. The molecule has 0 atom stereocenters. The Balaban J connectivity index is 1.31. The summed E-state index contributed by atoms with van der Waals surface area (Å²) in [5.74, 6) is 3.49. The molecule has 4 aromatic carbocycles. The van der Waals surface area contributed by atoms with Crippen molar-refractivity contribution >= 4 is 44.1 Å². The fourth-order valence-corrected chi connectivity index (χ4v) is 7.69. The van der Waals surface area contributed by atoms with Crippen LogP contribution in [0.3, 0.4) is 0 Å². The van der Waals surface area contributed by atoms with E-state index in [1.54, 1.807) is 0 Å². The molecule has 3 heterocycles. The molecule has 0 amide bonds. The number of aromatic nitrogens is 5. The van der Waals surface area contributed by atoms with Gasteiger partial charge in [-0.1, -0.05) is 135 Å². The summed E-state index contributed by atoms with van der Waals surface area (Å²) in [6, 6.07) is 28.4. The van der Waals surface area contributed by atoms with Gasteiger partial charge in [0.15, 0.2) is 22.4 Å². The van der Waals surface area contributed by atoms with E-state index in [0.717, 1.165) is 85.1 Å². The summed E-state index contributed by atoms with van der Waals surface area (Å²) in [6.07, 6.45) is 9.64. The van der Waals surface area contributed by atoms with Crippen LogP contribution >= 0.6 is 0 Å². The van der Waals surface area contributed by atoms with Crippen molar-refractivity contribution in [1.29, 1.82) is 0 Å². The van der Waals surface area contributed by atoms with Crippen molar-refractivity contribution < 1.29 is 8.98 Å². The van der Waals surface area contributed by atoms with Gasteiger partial charge in [-0.2, -0.15) is 4.57 Å². The minimum absolute atomic E-state index is 0.166. The van der Waals surface area contributed by atoms with E-state index in [2.05, 4.69) is 183 Å². The van der Waals surface area contributed by atoms with Crippen molar-refractivity contribution in [1.82, 2.24) is 19.5 Å². The third kappa shape index (κ3) is 6.41. The fourth-order valence-electron chi connectivity index (χ4n) is 7.69. The molecule has 1 aliphatic rings. The van der Waals surface area contributed by atoms with Crippen molar-refractivity contribution in [3.05, 3.63) is 137 Å². The smallest absolute Gasteiger partial charge is 0.298 e. The predicted molar refractivity (Wildman–Crippen MR) is 228 cm³/mol. The van der Waals surface area contributed by atoms with Crippen LogP contribution < -0.4 is 4.57 Å². The van der Waals surface area contributed by atoms with Gasteiger partial charge < -0.3 is 4.42 Å². The third-order valence-corrected chi connectivity index (χ3v) is 10.7. The molecule has 3 aromatic heterocycles. The molecule has 0 spiro atoms. The topological polar surface area (TPSA) is 60.6 Å². The second-order valence-corrected chi connectivity index (χ2v) is 18.1. The Morgan fingerprint density at radius 1 is 0.709 bits per heavy atom. The van der Waals surface area contributed by atoms with Crippen molar-refractivity contribution in [2.24, 2.45) is 7.05 Å². The zero-order chi connectivity index (χ0) is 39.0. The van der Waals surface area contributed by atoms with E-state index < -0.39 is 0 Å². The van der Waals surface area contributed by atoms with E-state index in [4.69, 9.17) is 19.4 Å². The van der Waals surface area contributed by atoms with E-state index in [-0.39, 0.29) is 16.2 Å². The molecule has 6 nitrogen and oxygen atoms in total. The molecule has 1 aliphatic carbocycles. The first-order chi connectivity index (χ1) is 26.0. The van der Waals surface area contributed by atoms with Crippen LogP contribution in [0.2, 0.25) is 0 Å². The van der Waals surface area contributed by atoms with Crippen LogP contribution in [0.4, 0.5) is 0 Å². The first-order valence-electron chi connectivity index (χ1n) is 19.4. The monoisotopic (exact) mass is 726 g/mol. The van der Waals surface area contributed by atoms with E-state index >= 15 is 0 Å². The van der Waals surface area contributed by atoms with Crippen LogP contribution in [-0.2, 0) is 23.3 Å². The van der Waals surface area contributed by atoms with Crippen LogP contribution in [0, 0.1) is 6.92 Å². The largest absolute Gasteiger partial charge is 0.455 e. The molecule has 0 saturated carbocycles. The second kappa shape index (κ2) is 13.0. The van der Waals surface area contributed by atoms with Gasteiger partial charge in [0, 0.05) is 32.7 Å². The Morgan fingerprint density at radius 2 is 1.40 bits per heavy atom. The van der Waals surface area contributed by atoms with Crippen molar-refractivity contribution in [3.63, 3.8) is 0 Å². The van der Waals surface area contributed by atoms with Crippen LogP contribution in [-0.4, -0.2) is 19.5 Å². The van der Waals surface area contributed by atoms with Crippen LogP contribution in [0.5, 0.6) is 0 Å². The Morgan fingerprint density at radius 3 is 2.11 bits per heavy atom. The predicted octanol–water partition coefficient (Wildman–Crippen LogP) is 11.8. The Hall–Kier alpha value is -5.62. The maximum Gasteiger partial charge on any atom is 0.298 e. The van der Waals surface area contributed by atoms with Crippen molar-refractivity contribution in [2.45, 2.75) is 91.9 Å². The summed E-state index contributed by atoms with van der Waals surface area (Å²) in [4.78, 5) is 14.9. The number of para-hydroxylation sites is 3. The quantitative estimate of drug-likeness (QED) is 0.169. The summed E-state index contributed by atoms with van der Waals surface area (Å²) in [5, 5.41) is 2.26. The number of furan rings is 1. The Kier molecular flexibility index (Phi) is 8.60. The molecule has 0 aliphatic heterocycles. The first kappa shape index (κ1) is 36.4. The van der Waals surface area contributed by atoms with Gasteiger partial charge in [-0.15, -0.1) is 0 Å². The number of rotatable bonds is 4. The highest BCUT2D eigenvalue weighted by Crippen LogP contribution is 2.41. The SMILES string of the molecule is Cc1ccc2c(oc3ccccc32)c1-c1n(-c2ccc(C3=CC=C(c4nc(C(C)(C)C)nc(C(C)(C)C)n4)CC=C3)cc2C(C)(C)C)c2ccccc2[n+]1C. The molecule has 8 rings (SSSR count). The standard InChI is InChI=1S/C49H52N5O/c1-30-23-27-35-34-19-12-15-22-40(34)55-42(35)41(30)44-53(11)38-20-13-14-21-39(38)54(44)37-28-26-33(29-36(37)47(2,3)4)31-17-16-18-32(25-24-31)43-50-45(48(5,6)7)52-46(51-43)49(8,9)10/h12-17,19-29H,18H2,1-11H3/q+1. The summed E-state index contributed by atoms with van der Waals surface area (Å²) < 4.78 is 11.5. The molecule has 0 fully saturated rings. The van der Waals surface area contributed by atoms with Crippen molar-refractivity contribution in [2.75, 3.05) is 0 Å². The third-order valence-electron chi connectivity index (χ3n) is 10.7.